The summed E-state index contributed by atoms with van der Waals surface area (Å²) in [7, 11) is 0. The lowest BCUT2D eigenvalue weighted by atomic mass is 9.88. The minimum Gasteiger partial charge on any atom is -0.348 e. The van der Waals surface area contributed by atoms with Gasteiger partial charge in [-0.05, 0) is 26.0 Å². The van der Waals surface area contributed by atoms with E-state index in [1.807, 2.05) is 0 Å². The predicted molar refractivity (Wildman–Crippen MR) is 91.3 cm³/mol. The number of likely N-dealkylation sites (tertiary alicyclic amines) is 1. The standard InChI is InChI=1S/C19H20N2O5/c1-4-9-20-14(13-10-25-19(2,3)26-13)15(18(20)24)21-16(22)11-7-5-6-8-12(11)17(21)23/h4-8,13-15H,1,9-10H2,2-3H3/t13-,14+,15-/m0/s1. The topological polar surface area (TPSA) is 76.2 Å². The molecule has 0 aromatic heterocycles. The lowest BCUT2D eigenvalue weighted by Crippen LogP contribution is -2.75. The SMILES string of the molecule is C=CCN1C(=O)[C@@H](N2C(=O)c3ccccc3C2=O)[C@H]1[C@@H]1COC(C)(C)O1. The highest BCUT2D eigenvalue weighted by atomic mass is 16.7. The Balaban J connectivity index is 1.67. The molecule has 3 aliphatic heterocycles. The zero-order valence-electron chi connectivity index (χ0n) is 14.7. The first-order chi connectivity index (χ1) is 12.4. The Bertz CT molecular complexity index is 783. The van der Waals surface area contributed by atoms with E-state index in [1.165, 1.54) is 0 Å². The van der Waals surface area contributed by atoms with Crippen molar-refractivity contribution in [2.45, 2.75) is 37.8 Å². The maximum absolute atomic E-state index is 12.8. The number of ether oxygens (including phenoxy) is 2. The maximum atomic E-state index is 12.8. The quantitative estimate of drug-likeness (QED) is 0.460. The van der Waals surface area contributed by atoms with Gasteiger partial charge in [0, 0.05) is 6.54 Å². The van der Waals surface area contributed by atoms with Crippen molar-refractivity contribution < 1.29 is 23.9 Å². The summed E-state index contributed by atoms with van der Waals surface area (Å²) in [4.78, 5) is 41.0. The van der Waals surface area contributed by atoms with E-state index in [-0.39, 0.29) is 12.5 Å². The second kappa shape index (κ2) is 5.75. The largest absolute Gasteiger partial charge is 0.348 e. The van der Waals surface area contributed by atoms with Crippen LogP contribution in [-0.4, -0.2) is 64.6 Å². The van der Waals surface area contributed by atoms with Crippen LogP contribution < -0.4 is 0 Å². The number of hydrogen-bond donors (Lipinski definition) is 0. The molecule has 0 bridgehead atoms. The summed E-state index contributed by atoms with van der Waals surface area (Å²) >= 11 is 0. The van der Waals surface area contributed by atoms with Gasteiger partial charge in [0.25, 0.3) is 11.8 Å². The molecule has 3 atom stereocenters. The van der Waals surface area contributed by atoms with Gasteiger partial charge in [-0.1, -0.05) is 18.2 Å². The second-order valence-electron chi connectivity index (χ2n) is 7.11. The van der Waals surface area contributed by atoms with Gasteiger partial charge in [-0.2, -0.15) is 0 Å². The predicted octanol–water partition coefficient (Wildman–Crippen LogP) is 1.20. The first-order valence-corrected chi connectivity index (χ1v) is 8.56. The molecule has 0 unspecified atom stereocenters. The molecule has 0 spiro atoms. The third-order valence-corrected chi connectivity index (χ3v) is 5.06. The minimum atomic E-state index is -0.884. The van der Waals surface area contributed by atoms with E-state index < -0.39 is 35.8 Å². The van der Waals surface area contributed by atoms with Gasteiger partial charge in [-0.25, -0.2) is 0 Å². The molecule has 1 aromatic carbocycles. The molecule has 3 aliphatic rings. The van der Waals surface area contributed by atoms with Crippen LogP contribution in [-0.2, 0) is 14.3 Å². The van der Waals surface area contributed by atoms with E-state index >= 15 is 0 Å². The number of nitrogens with zero attached hydrogens (tertiary/aromatic N) is 2. The fourth-order valence-corrected chi connectivity index (χ4v) is 3.91. The smallest absolute Gasteiger partial charge is 0.262 e. The van der Waals surface area contributed by atoms with Gasteiger partial charge in [0.15, 0.2) is 5.79 Å². The van der Waals surface area contributed by atoms with Gasteiger partial charge in [0.1, 0.15) is 12.1 Å². The van der Waals surface area contributed by atoms with Gasteiger partial charge in [-0.3, -0.25) is 19.3 Å². The molecule has 0 N–H and O–H groups in total. The lowest BCUT2D eigenvalue weighted by Gasteiger charge is -2.51. The van der Waals surface area contributed by atoms with Gasteiger partial charge >= 0.3 is 0 Å². The van der Waals surface area contributed by atoms with Crippen molar-refractivity contribution in [2.24, 2.45) is 0 Å². The summed E-state index contributed by atoms with van der Waals surface area (Å²) in [6.45, 7) is 7.88. The van der Waals surface area contributed by atoms with Gasteiger partial charge < -0.3 is 14.4 Å². The first-order valence-electron chi connectivity index (χ1n) is 8.56. The molecule has 0 saturated carbocycles. The summed E-state index contributed by atoms with van der Waals surface area (Å²) < 4.78 is 11.5. The van der Waals surface area contributed by atoms with Crippen LogP contribution in [0, 0.1) is 0 Å². The normalized spacial score (nSPS) is 29.8. The highest BCUT2D eigenvalue weighted by Crippen LogP contribution is 2.38. The number of carbonyl (C=O) groups excluding carboxylic acids is 3. The molecule has 3 amide bonds. The average molecular weight is 356 g/mol. The Morgan fingerprint density at radius 3 is 2.31 bits per heavy atom. The zero-order valence-corrected chi connectivity index (χ0v) is 14.7. The molecular formula is C19H20N2O5. The van der Waals surface area contributed by atoms with E-state index in [1.54, 1.807) is 49.1 Å². The van der Waals surface area contributed by atoms with Crippen LogP contribution in [0.2, 0.25) is 0 Å². The first kappa shape index (κ1) is 16.9. The summed E-state index contributed by atoms with van der Waals surface area (Å²) in [5.74, 6) is -1.93. The van der Waals surface area contributed by atoms with Crippen LogP contribution in [0.3, 0.4) is 0 Å². The Hall–Kier alpha value is -2.51. The molecule has 0 radical (unpaired) electrons. The third kappa shape index (κ3) is 2.31. The summed E-state index contributed by atoms with van der Waals surface area (Å²) in [5.41, 5.74) is 0.658. The molecule has 136 valence electrons. The molecule has 4 rings (SSSR count). The molecule has 7 heteroatoms. The number of amides is 3. The molecule has 26 heavy (non-hydrogen) atoms. The van der Waals surface area contributed by atoms with Crippen LogP contribution in [0.1, 0.15) is 34.6 Å². The molecule has 2 saturated heterocycles. The van der Waals surface area contributed by atoms with E-state index in [9.17, 15) is 14.4 Å². The van der Waals surface area contributed by atoms with Crippen LogP contribution in [0.5, 0.6) is 0 Å². The number of benzene rings is 1. The van der Waals surface area contributed by atoms with E-state index in [2.05, 4.69) is 6.58 Å². The van der Waals surface area contributed by atoms with Crippen LogP contribution in [0.15, 0.2) is 36.9 Å². The van der Waals surface area contributed by atoms with Crippen molar-refractivity contribution in [1.82, 2.24) is 9.80 Å². The second-order valence-corrected chi connectivity index (χ2v) is 7.11. The maximum Gasteiger partial charge on any atom is 0.262 e. The van der Waals surface area contributed by atoms with E-state index in [0.29, 0.717) is 17.7 Å². The zero-order chi connectivity index (χ0) is 18.6. The van der Waals surface area contributed by atoms with Crippen LogP contribution in [0.25, 0.3) is 0 Å². The number of β-lactam (4-membered cyclic amide) rings is 1. The molecule has 0 aliphatic carbocycles. The molecular weight excluding hydrogens is 336 g/mol. The van der Waals surface area contributed by atoms with Crippen molar-refractivity contribution >= 4 is 17.7 Å². The fourth-order valence-electron chi connectivity index (χ4n) is 3.91. The molecule has 3 heterocycles. The molecule has 1 aromatic rings. The van der Waals surface area contributed by atoms with Crippen molar-refractivity contribution in [3.05, 3.63) is 48.0 Å². The average Bonchev–Trinajstić information content (AvgIpc) is 3.09. The number of rotatable bonds is 4. The molecule has 2 fully saturated rings. The summed E-state index contributed by atoms with van der Waals surface area (Å²) in [6.07, 6.45) is 1.20. The van der Waals surface area contributed by atoms with Gasteiger partial charge in [0.2, 0.25) is 5.91 Å². The van der Waals surface area contributed by atoms with Crippen molar-refractivity contribution in [3.8, 4) is 0 Å². The Morgan fingerprint density at radius 1 is 1.19 bits per heavy atom. The van der Waals surface area contributed by atoms with Crippen molar-refractivity contribution in [2.75, 3.05) is 13.2 Å². The van der Waals surface area contributed by atoms with Crippen molar-refractivity contribution in [1.29, 1.82) is 0 Å². The monoisotopic (exact) mass is 356 g/mol. The number of imide groups is 1. The summed E-state index contributed by atoms with van der Waals surface area (Å²) in [6, 6.07) is 5.28. The van der Waals surface area contributed by atoms with Crippen molar-refractivity contribution in [3.63, 3.8) is 0 Å². The highest BCUT2D eigenvalue weighted by Gasteiger charge is 2.60. The van der Waals surface area contributed by atoms with Crippen LogP contribution >= 0.6 is 0 Å². The van der Waals surface area contributed by atoms with E-state index in [0.717, 1.165) is 4.90 Å². The third-order valence-electron chi connectivity index (χ3n) is 5.06. The minimum absolute atomic E-state index is 0.280. The van der Waals surface area contributed by atoms with Gasteiger partial charge in [-0.15, -0.1) is 6.58 Å². The summed E-state index contributed by atoms with van der Waals surface area (Å²) in [5, 5.41) is 0. The van der Waals surface area contributed by atoms with Crippen LogP contribution in [0.4, 0.5) is 0 Å². The Kier molecular flexibility index (Phi) is 3.75. The molecule has 7 nitrogen and oxygen atoms in total. The van der Waals surface area contributed by atoms with Gasteiger partial charge in [0.05, 0.1) is 23.8 Å². The number of hydrogen-bond acceptors (Lipinski definition) is 5. The number of carbonyl (C=O) groups is 3. The lowest BCUT2D eigenvalue weighted by molar-refractivity contribution is -0.176. The highest BCUT2D eigenvalue weighted by molar-refractivity contribution is 6.23. The van der Waals surface area contributed by atoms with E-state index in [4.69, 9.17) is 9.47 Å². The number of fused-ring (bicyclic) bond motifs is 1. The Morgan fingerprint density at radius 2 is 1.81 bits per heavy atom. The fraction of sp³-hybridized carbons (Fsp3) is 0.421. The Labute approximate surface area is 151 Å².